The van der Waals surface area contributed by atoms with Crippen molar-refractivity contribution in [1.82, 2.24) is 15.6 Å². The van der Waals surface area contributed by atoms with E-state index in [2.05, 4.69) is 25.9 Å². The number of nitrogens with one attached hydrogen (secondary N) is 3. The van der Waals surface area contributed by atoms with Gasteiger partial charge in [0, 0.05) is 30.1 Å². The number of thiazole rings is 1. The van der Waals surface area contributed by atoms with E-state index in [9.17, 15) is 4.79 Å². The number of aryl methyl sites for hydroxylation is 2. The molecule has 7 heteroatoms. The number of rotatable bonds is 6. The van der Waals surface area contributed by atoms with Gasteiger partial charge < -0.3 is 16.0 Å². The Hall–Kier alpha value is -2.41. The zero-order valence-electron chi connectivity index (χ0n) is 17.5. The quantitative estimate of drug-likeness (QED) is 0.491. The second-order valence-electron chi connectivity index (χ2n) is 7.55. The van der Waals surface area contributed by atoms with Crippen LogP contribution in [0.2, 0.25) is 0 Å². The summed E-state index contributed by atoms with van der Waals surface area (Å²) >= 11 is 1.70. The first kappa shape index (κ1) is 21.3. The number of carbonyl (C=O) groups is 1. The fourth-order valence-electron chi connectivity index (χ4n) is 3.68. The lowest BCUT2D eigenvalue weighted by atomic mass is 9.88. The van der Waals surface area contributed by atoms with Gasteiger partial charge in [0.05, 0.1) is 17.2 Å². The lowest BCUT2D eigenvalue weighted by Crippen LogP contribution is -2.36. The van der Waals surface area contributed by atoms with Crippen LogP contribution in [0.4, 0.5) is 5.69 Å². The predicted octanol–water partition coefficient (Wildman–Crippen LogP) is 4.14. The third-order valence-electron chi connectivity index (χ3n) is 5.27. The van der Waals surface area contributed by atoms with Crippen LogP contribution < -0.4 is 16.0 Å². The lowest BCUT2D eigenvalue weighted by molar-refractivity contribution is -0.120. The van der Waals surface area contributed by atoms with Crippen LogP contribution in [-0.4, -0.2) is 23.9 Å². The van der Waals surface area contributed by atoms with Gasteiger partial charge in [0.15, 0.2) is 5.96 Å². The number of aliphatic imine (C=N–C) groups is 1. The van der Waals surface area contributed by atoms with Crippen molar-refractivity contribution in [2.75, 3.05) is 12.4 Å². The molecule has 0 atom stereocenters. The number of anilines is 1. The maximum atomic E-state index is 12.5. The zero-order chi connectivity index (χ0) is 20.6. The summed E-state index contributed by atoms with van der Waals surface area (Å²) in [5.74, 6) is 1.06. The highest BCUT2D eigenvalue weighted by molar-refractivity contribution is 7.11. The molecule has 0 saturated heterocycles. The molecule has 6 nitrogen and oxygen atoms in total. The van der Waals surface area contributed by atoms with Crippen molar-refractivity contribution in [2.45, 2.75) is 59.0 Å². The van der Waals surface area contributed by atoms with Crippen LogP contribution in [0.1, 0.15) is 53.2 Å². The molecule has 0 bridgehead atoms. The van der Waals surface area contributed by atoms with Crippen LogP contribution in [-0.2, 0) is 17.9 Å². The molecule has 3 N–H and O–H groups in total. The Morgan fingerprint density at radius 2 is 1.93 bits per heavy atom. The van der Waals surface area contributed by atoms with Gasteiger partial charge in [-0.1, -0.05) is 31.4 Å². The number of hydrogen-bond acceptors (Lipinski definition) is 4. The molecule has 2 aromatic rings. The molecule has 1 aliphatic rings. The molecule has 1 aromatic carbocycles. The third kappa shape index (κ3) is 6.29. The van der Waals surface area contributed by atoms with Crippen molar-refractivity contribution >= 4 is 28.9 Å². The van der Waals surface area contributed by atoms with Crippen LogP contribution in [0.25, 0.3) is 0 Å². The van der Waals surface area contributed by atoms with Crippen molar-refractivity contribution in [3.05, 3.63) is 45.4 Å². The highest BCUT2D eigenvalue weighted by Crippen LogP contribution is 2.25. The summed E-state index contributed by atoms with van der Waals surface area (Å²) in [7, 11) is 1.76. The van der Waals surface area contributed by atoms with Gasteiger partial charge in [-0.25, -0.2) is 4.98 Å². The van der Waals surface area contributed by atoms with E-state index in [1.54, 1.807) is 18.4 Å². The molecule has 0 unspecified atom stereocenters. The summed E-state index contributed by atoms with van der Waals surface area (Å²) in [5.41, 5.74) is 3.02. The molecule has 1 saturated carbocycles. The maximum absolute atomic E-state index is 12.5. The summed E-state index contributed by atoms with van der Waals surface area (Å²) in [6.07, 6.45) is 5.59. The number of benzene rings is 1. The summed E-state index contributed by atoms with van der Waals surface area (Å²) in [4.78, 5) is 22.5. The number of carbonyl (C=O) groups excluding carboxylic acids is 1. The van der Waals surface area contributed by atoms with Crippen molar-refractivity contribution in [3.63, 3.8) is 0 Å². The first-order chi connectivity index (χ1) is 14.0. The van der Waals surface area contributed by atoms with Crippen molar-refractivity contribution in [2.24, 2.45) is 10.9 Å². The van der Waals surface area contributed by atoms with Gasteiger partial charge in [0.25, 0.3) is 0 Å². The van der Waals surface area contributed by atoms with Crippen LogP contribution in [0, 0.1) is 19.8 Å². The Kier molecular flexibility index (Phi) is 7.63. The minimum absolute atomic E-state index is 0.155. The second-order valence-corrected chi connectivity index (χ2v) is 8.83. The molecular weight excluding hydrogens is 382 g/mol. The first-order valence-corrected chi connectivity index (χ1v) is 11.1. The SMILES string of the molecule is CN=C(NCc1cccc(NC(=O)C2CCCCC2)c1)NCc1sc(C)nc1C. The zero-order valence-corrected chi connectivity index (χ0v) is 18.4. The monoisotopic (exact) mass is 413 g/mol. The maximum Gasteiger partial charge on any atom is 0.227 e. The molecule has 156 valence electrons. The smallest absolute Gasteiger partial charge is 0.227 e. The Labute approximate surface area is 177 Å². The van der Waals surface area contributed by atoms with Crippen molar-refractivity contribution < 1.29 is 4.79 Å². The Morgan fingerprint density at radius 3 is 2.62 bits per heavy atom. The van der Waals surface area contributed by atoms with Gasteiger partial charge in [-0.15, -0.1) is 11.3 Å². The van der Waals surface area contributed by atoms with E-state index in [0.29, 0.717) is 13.1 Å². The van der Waals surface area contributed by atoms with Crippen molar-refractivity contribution in [1.29, 1.82) is 0 Å². The average molecular weight is 414 g/mol. The van der Waals surface area contributed by atoms with E-state index < -0.39 is 0 Å². The fraction of sp³-hybridized carbons (Fsp3) is 0.500. The molecule has 0 radical (unpaired) electrons. The number of amides is 1. The molecule has 1 heterocycles. The van der Waals surface area contributed by atoms with Crippen LogP contribution in [0.5, 0.6) is 0 Å². The molecule has 1 fully saturated rings. The van der Waals surface area contributed by atoms with Crippen LogP contribution in [0.3, 0.4) is 0 Å². The summed E-state index contributed by atoms with van der Waals surface area (Å²) in [5, 5.41) is 10.8. The highest BCUT2D eigenvalue weighted by Gasteiger charge is 2.21. The lowest BCUT2D eigenvalue weighted by Gasteiger charge is -2.21. The van der Waals surface area contributed by atoms with E-state index in [0.717, 1.165) is 53.6 Å². The standard InChI is InChI=1S/C22H31N5OS/c1-15-20(29-16(2)26-15)14-25-22(23-3)24-13-17-8-7-11-19(12-17)27-21(28)18-9-5-4-6-10-18/h7-8,11-12,18H,4-6,9-10,13-14H2,1-3H3,(H,27,28)(H2,23,24,25). The molecule has 29 heavy (non-hydrogen) atoms. The topological polar surface area (TPSA) is 78.4 Å². The van der Waals surface area contributed by atoms with E-state index >= 15 is 0 Å². The molecular formula is C22H31N5OS. The highest BCUT2D eigenvalue weighted by atomic mass is 32.1. The van der Waals surface area contributed by atoms with E-state index in [-0.39, 0.29) is 11.8 Å². The summed E-state index contributed by atoms with van der Waals surface area (Å²) in [6.45, 7) is 5.39. The fourth-order valence-corrected chi connectivity index (χ4v) is 4.55. The molecule has 1 aliphatic carbocycles. The second kappa shape index (κ2) is 10.4. The van der Waals surface area contributed by atoms with E-state index in [1.807, 2.05) is 38.1 Å². The molecule has 1 amide bonds. The van der Waals surface area contributed by atoms with Gasteiger partial charge in [0.2, 0.25) is 5.91 Å². The number of aromatic nitrogens is 1. The Balaban J connectivity index is 1.51. The molecule has 0 aliphatic heterocycles. The molecule has 0 spiro atoms. The van der Waals surface area contributed by atoms with E-state index in [4.69, 9.17) is 0 Å². The summed E-state index contributed by atoms with van der Waals surface area (Å²) < 4.78 is 0. The minimum Gasteiger partial charge on any atom is -0.352 e. The summed E-state index contributed by atoms with van der Waals surface area (Å²) in [6, 6.07) is 8.00. The normalized spacial score (nSPS) is 15.2. The number of hydrogen-bond donors (Lipinski definition) is 3. The van der Waals surface area contributed by atoms with Crippen LogP contribution >= 0.6 is 11.3 Å². The van der Waals surface area contributed by atoms with Crippen LogP contribution in [0.15, 0.2) is 29.3 Å². The van der Waals surface area contributed by atoms with E-state index in [1.165, 1.54) is 11.3 Å². The van der Waals surface area contributed by atoms with Crippen molar-refractivity contribution in [3.8, 4) is 0 Å². The van der Waals surface area contributed by atoms with Gasteiger partial charge in [-0.3, -0.25) is 9.79 Å². The van der Waals surface area contributed by atoms with Gasteiger partial charge >= 0.3 is 0 Å². The van der Waals surface area contributed by atoms with Gasteiger partial charge in [0.1, 0.15) is 0 Å². The average Bonchev–Trinajstić information content (AvgIpc) is 3.06. The third-order valence-corrected chi connectivity index (χ3v) is 6.34. The molecule has 3 rings (SSSR count). The number of nitrogens with zero attached hydrogens (tertiary/aromatic N) is 2. The van der Waals surface area contributed by atoms with Gasteiger partial charge in [-0.2, -0.15) is 0 Å². The largest absolute Gasteiger partial charge is 0.352 e. The Morgan fingerprint density at radius 1 is 1.17 bits per heavy atom. The predicted molar refractivity (Wildman–Crippen MR) is 120 cm³/mol. The molecule has 1 aromatic heterocycles. The minimum atomic E-state index is 0.155. The van der Waals surface area contributed by atoms with Gasteiger partial charge in [-0.05, 0) is 44.4 Å². The number of guanidine groups is 1. The first-order valence-electron chi connectivity index (χ1n) is 10.3. The Bertz CT molecular complexity index is 855.